The Morgan fingerprint density at radius 2 is 1.50 bits per heavy atom. The van der Waals surface area contributed by atoms with E-state index in [4.69, 9.17) is 25.4 Å². The standard InChI is InChI=1S/C32H42O6/c1-3-4-5-6-7-8-9-13-17-31(33)37-26-30(25-35-24-28-15-11-10-12-16-28)38-32(34)18-14-23-36-29-21-19-27(2)20-22-29/h1,10-12,15-16,19-22,30H,4-9,13-14,17-18,23-26H2,2H3/t30-/m0/s1. The van der Waals surface area contributed by atoms with Crippen LogP contribution in [0.2, 0.25) is 0 Å². The molecule has 206 valence electrons. The highest BCUT2D eigenvalue weighted by atomic mass is 16.6. The van der Waals surface area contributed by atoms with Crippen LogP contribution >= 0.6 is 0 Å². The molecule has 0 spiro atoms. The van der Waals surface area contributed by atoms with Crippen LogP contribution in [0.1, 0.15) is 75.3 Å². The van der Waals surface area contributed by atoms with E-state index in [1.165, 1.54) is 0 Å². The number of rotatable bonds is 20. The molecule has 0 unspecified atom stereocenters. The summed E-state index contributed by atoms with van der Waals surface area (Å²) in [5.74, 6) is 2.77. The number of benzene rings is 2. The third-order valence-electron chi connectivity index (χ3n) is 5.91. The Labute approximate surface area is 228 Å². The summed E-state index contributed by atoms with van der Waals surface area (Å²) < 4.78 is 22.4. The highest BCUT2D eigenvalue weighted by molar-refractivity contribution is 5.70. The SMILES string of the molecule is C#CCCCCCCCCC(=O)OC[C@H](COCc1ccccc1)OC(=O)CCCOc1ccc(C)cc1. The summed E-state index contributed by atoms with van der Waals surface area (Å²) in [6, 6.07) is 17.5. The van der Waals surface area contributed by atoms with Crippen LogP contribution in [0.15, 0.2) is 54.6 Å². The first-order valence-electron chi connectivity index (χ1n) is 13.7. The van der Waals surface area contributed by atoms with Gasteiger partial charge in [-0.15, -0.1) is 12.3 Å². The molecule has 0 aliphatic rings. The van der Waals surface area contributed by atoms with E-state index in [-0.39, 0.29) is 31.6 Å². The molecule has 0 radical (unpaired) electrons. The number of carbonyl (C=O) groups excluding carboxylic acids is 2. The molecule has 0 aliphatic heterocycles. The number of hydrogen-bond acceptors (Lipinski definition) is 6. The molecule has 2 aromatic rings. The van der Waals surface area contributed by atoms with Gasteiger partial charge in [0, 0.05) is 19.3 Å². The Morgan fingerprint density at radius 1 is 0.816 bits per heavy atom. The van der Waals surface area contributed by atoms with E-state index in [1.807, 2.05) is 61.5 Å². The Morgan fingerprint density at radius 3 is 2.24 bits per heavy atom. The number of esters is 2. The first-order valence-corrected chi connectivity index (χ1v) is 13.7. The first-order chi connectivity index (χ1) is 18.6. The molecule has 0 saturated carbocycles. The van der Waals surface area contributed by atoms with Gasteiger partial charge in [-0.05, 0) is 43.9 Å². The Bertz CT molecular complexity index is 948. The Balaban J connectivity index is 1.69. The lowest BCUT2D eigenvalue weighted by atomic mass is 10.1. The van der Waals surface area contributed by atoms with Gasteiger partial charge in [0.05, 0.1) is 19.8 Å². The van der Waals surface area contributed by atoms with Crippen molar-refractivity contribution >= 4 is 11.9 Å². The second kappa shape index (κ2) is 19.8. The van der Waals surface area contributed by atoms with Crippen molar-refractivity contribution in [3.8, 4) is 18.1 Å². The fourth-order valence-electron chi connectivity index (χ4n) is 3.75. The van der Waals surface area contributed by atoms with Gasteiger partial charge in [0.2, 0.25) is 0 Å². The molecule has 0 bridgehead atoms. The van der Waals surface area contributed by atoms with Gasteiger partial charge >= 0.3 is 11.9 Å². The van der Waals surface area contributed by atoms with E-state index in [9.17, 15) is 9.59 Å². The molecule has 2 aromatic carbocycles. The number of ether oxygens (including phenoxy) is 4. The molecule has 6 heteroatoms. The van der Waals surface area contributed by atoms with E-state index in [0.717, 1.165) is 61.8 Å². The molecule has 38 heavy (non-hydrogen) atoms. The minimum absolute atomic E-state index is 0.0225. The zero-order valence-electron chi connectivity index (χ0n) is 22.7. The molecular formula is C32H42O6. The molecule has 0 heterocycles. The molecule has 2 rings (SSSR count). The van der Waals surface area contributed by atoms with Gasteiger partial charge in [0.25, 0.3) is 0 Å². The number of unbranched alkanes of at least 4 members (excludes halogenated alkanes) is 6. The molecule has 0 N–H and O–H groups in total. The zero-order valence-corrected chi connectivity index (χ0v) is 22.7. The minimum Gasteiger partial charge on any atom is -0.494 e. The molecule has 6 nitrogen and oxygen atoms in total. The quantitative estimate of drug-likeness (QED) is 0.111. The summed E-state index contributed by atoms with van der Waals surface area (Å²) in [5, 5.41) is 0. The van der Waals surface area contributed by atoms with Gasteiger partial charge in [0.15, 0.2) is 6.10 Å². The summed E-state index contributed by atoms with van der Waals surface area (Å²) in [7, 11) is 0. The van der Waals surface area contributed by atoms with Gasteiger partial charge < -0.3 is 18.9 Å². The van der Waals surface area contributed by atoms with Crippen LogP contribution in [-0.2, 0) is 30.4 Å². The largest absolute Gasteiger partial charge is 0.494 e. The second-order valence-corrected chi connectivity index (χ2v) is 9.39. The van der Waals surface area contributed by atoms with E-state index < -0.39 is 6.10 Å². The summed E-state index contributed by atoms with van der Waals surface area (Å²) in [6.45, 7) is 2.93. The van der Waals surface area contributed by atoms with Gasteiger partial charge in [-0.2, -0.15) is 0 Å². The van der Waals surface area contributed by atoms with Crippen molar-refractivity contribution in [1.29, 1.82) is 0 Å². The molecule has 1 atom stereocenters. The van der Waals surface area contributed by atoms with Crippen LogP contribution in [0.3, 0.4) is 0 Å². The highest BCUT2D eigenvalue weighted by Gasteiger charge is 2.18. The fraction of sp³-hybridized carbons (Fsp3) is 0.500. The first kappa shape index (κ1) is 30.9. The molecule has 0 aliphatic carbocycles. The minimum atomic E-state index is -0.663. The summed E-state index contributed by atoms with van der Waals surface area (Å²) in [5.41, 5.74) is 2.18. The molecule has 0 saturated heterocycles. The van der Waals surface area contributed by atoms with Crippen LogP contribution in [0, 0.1) is 19.3 Å². The summed E-state index contributed by atoms with van der Waals surface area (Å²) in [4.78, 5) is 24.7. The lowest BCUT2D eigenvalue weighted by molar-refractivity contribution is -0.163. The van der Waals surface area contributed by atoms with Gasteiger partial charge in [0.1, 0.15) is 12.4 Å². The van der Waals surface area contributed by atoms with E-state index >= 15 is 0 Å². The molecule has 0 fully saturated rings. The molecular weight excluding hydrogens is 480 g/mol. The van der Waals surface area contributed by atoms with E-state index in [2.05, 4.69) is 5.92 Å². The van der Waals surface area contributed by atoms with Gasteiger partial charge in [-0.1, -0.05) is 73.7 Å². The van der Waals surface area contributed by atoms with Gasteiger partial charge in [-0.25, -0.2) is 0 Å². The predicted octanol–water partition coefficient (Wildman–Crippen LogP) is 6.58. The van der Waals surface area contributed by atoms with Crippen LogP contribution in [-0.4, -0.2) is 37.9 Å². The van der Waals surface area contributed by atoms with Crippen LogP contribution < -0.4 is 4.74 Å². The lowest BCUT2D eigenvalue weighted by Gasteiger charge is -2.18. The van der Waals surface area contributed by atoms with Crippen molar-refractivity contribution in [1.82, 2.24) is 0 Å². The Kier molecular flexibility index (Phi) is 16.1. The maximum Gasteiger partial charge on any atom is 0.306 e. The Hall–Kier alpha value is -3.30. The predicted molar refractivity (Wildman–Crippen MR) is 149 cm³/mol. The maximum absolute atomic E-state index is 12.4. The van der Waals surface area contributed by atoms with Gasteiger partial charge in [-0.3, -0.25) is 9.59 Å². The third kappa shape index (κ3) is 15.1. The van der Waals surface area contributed by atoms with Crippen LogP contribution in [0.25, 0.3) is 0 Å². The normalized spacial score (nSPS) is 11.4. The van der Waals surface area contributed by atoms with E-state index in [0.29, 0.717) is 26.1 Å². The van der Waals surface area contributed by atoms with E-state index in [1.54, 1.807) is 0 Å². The van der Waals surface area contributed by atoms with Crippen molar-refractivity contribution in [3.63, 3.8) is 0 Å². The molecule has 0 amide bonds. The number of aryl methyl sites for hydroxylation is 1. The van der Waals surface area contributed by atoms with Crippen molar-refractivity contribution in [2.24, 2.45) is 0 Å². The second-order valence-electron chi connectivity index (χ2n) is 9.39. The van der Waals surface area contributed by atoms with Crippen molar-refractivity contribution in [2.75, 3.05) is 19.8 Å². The average molecular weight is 523 g/mol. The molecule has 0 aromatic heterocycles. The number of carbonyl (C=O) groups is 2. The fourth-order valence-corrected chi connectivity index (χ4v) is 3.75. The smallest absolute Gasteiger partial charge is 0.306 e. The topological polar surface area (TPSA) is 71.1 Å². The van der Waals surface area contributed by atoms with Crippen LogP contribution in [0.5, 0.6) is 5.75 Å². The van der Waals surface area contributed by atoms with Crippen molar-refractivity contribution < 1.29 is 28.5 Å². The zero-order chi connectivity index (χ0) is 27.3. The van der Waals surface area contributed by atoms with Crippen molar-refractivity contribution in [2.45, 2.75) is 83.8 Å². The van der Waals surface area contributed by atoms with Crippen molar-refractivity contribution in [3.05, 3.63) is 65.7 Å². The number of terminal acetylenes is 1. The lowest BCUT2D eigenvalue weighted by Crippen LogP contribution is -2.30. The number of hydrogen-bond donors (Lipinski definition) is 0. The maximum atomic E-state index is 12.4. The average Bonchev–Trinajstić information content (AvgIpc) is 2.92. The summed E-state index contributed by atoms with van der Waals surface area (Å²) >= 11 is 0. The third-order valence-corrected chi connectivity index (χ3v) is 5.91. The highest BCUT2D eigenvalue weighted by Crippen LogP contribution is 2.13. The monoisotopic (exact) mass is 522 g/mol. The summed E-state index contributed by atoms with van der Waals surface area (Å²) in [6.07, 6.45) is 12.7. The van der Waals surface area contributed by atoms with Crippen LogP contribution in [0.4, 0.5) is 0 Å².